The lowest BCUT2D eigenvalue weighted by molar-refractivity contribution is -0.117. The van der Waals surface area contributed by atoms with Crippen molar-refractivity contribution in [3.63, 3.8) is 0 Å². The predicted octanol–water partition coefficient (Wildman–Crippen LogP) is 2.28. The number of amides is 1. The number of hydrogen-bond donors (Lipinski definition) is 1. The van der Waals surface area contributed by atoms with E-state index in [-0.39, 0.29) is 11.1 Å². The zero-order chi connectivity index (χ0) is 14.8. The van der Waals surface area contributed by atoms with Crippen LogP contribution >= 0.6 is 0 Å². The summed E-state index contributed by atoms with van der Waals surface area (Å²) in [5.41, 5.74) is 0.0972. The summed E-state index contributed by atoms with van der Waals surface area (Å²) < 4.78 is 18.6. The Morgan fingerprint density at radius 1 is 1.50 bits per heavy atom. The average molecular weight is 276 g/mol. The van der Waals surface area contributed by atoms with E-state index in [4.69, 9.17) is 10.00 Å². The van der Waals surface area contributed by atoms with Crippen molar-refractivity contribution in [2.24, 2.45) is 0 Å². The lowest BCUT2D eigenvalue weighted by Crippen LogP contribution is -2.26. The molecule has 1 amide bonds. The van der Waals surface area contributed by atoms with Crippen molar-refractivity contribution in [3.05, 3.63) is 41.2 Å². The topological polar surface area (TPSA) is 62.1 Å². The molecule has 106 valence electrons. The summed E-state index contributed by atoms with van der Waals surface area (Å²) in [7, 11) is 0. The Hall–Kier alpha value is -2.19. The van der Waals surface area contributed by atoms with Crippen molar-refractivity contribution in [1.29, 1.82) is 5.26 Å². The van der Waals surface area contributed by atoms with Gasteiger partial charge in [0, 0.05) is 25.3 Å². The number of halogens is 1. The SMILES string of the molecule is CCOCCCNC(=O)C(C#N)=Cc1ccccc1F. The number of rotatable bonds is 7. The van der Waals surface area contributed by atoms with Crippen LogP contribution in [0.4, 0.5) is 4.39 Å². The molecule has 1 rings (SSSR count). The van der Waals surface area contributed by atoms with Crippen LogP contribution in [0, 0.1) is 17.1 Å². The van der Waals surface area contributed by atoms with Crippen LogP contribution in [0.5, 0.6) is 0 Å². The van der Waals surface area contributed by atoms with E-state index in [2.05, 4.69) is 5.32 Å². The first-order valence-electron chi connectivity index (χ1n) is 6.41. The summed E-state index contributed by atoms with van der Waals surface area (Å²) in [6.07, 6.45) is 1.91. The van der Waals surface area contributed by atoms with Crippen LogP contribution in [0.25, 0.3) is 6.08 Å². The van der Waals surface area contributed by atoms with Crippen LogP contribution < -0.4 is 5.32 Å². The molecule has 5 heteroatoms. The van der Waals surface area contributed by atoms with Crippen molar-refractivity contribution in [2.75, 3.05) is 19.8 Å². The molecule has 0 saturated carbocycles. The Kier molecular flexibility index (Phi) is 7.01. The van der Waals surface area contributed by atoms with Crippen LogP contribution in [0.3, 0.4) is 0 Å². The highest BCUT2D eigenvalue weighted by molar-refractivity contribution is 6.01. The first kappa shape index (κ1) is 15.9. The van der Waals surface area contributed by atoms with E-state index < -0.39 is 11.7 Å². The van der Waals surface area contributed by atoms with Gasteiger partial charge in [0.2, 0.25) is 0 Å². The number of benzene rings is 1. The number of ether oxygens (including phenoxy) is 1. The van der Waals surface area contributed by atoms with Gasteiger partial charge >= 0.3 is 0 Å². The van der Waals surface area contributed by atoms with Crippen molar-refractivity contribution < 1.29 is 13.9 Å². The molecule has 0 fully saturated rings. The van der Waals surface area contributed by atoms with Gasteiger partial charge in [0.1, 0.15) is 17.5 Å². The lowest BCUT2D eigenvalue weighted by atomic mass is 10.1. The van der Waals surface area contributed by atoms with E-state index in [1.54, 1.807) is 18.2 Å². The summed E-state index contributed by atoms with van der Waals surface area (Å²) in [4.78, 5) is 11.8. The van der Waals surface area contributed by atoms with E-state index in [1.807, 2.05) is 6.92 Å². The molecule has 0 aliphatic rings. The molecule has 0 atom stereocenters. The van der Waals surface area contributed by atoms with Crippen molar-refractivity contribution in [2.45, 2.75) is 13.3 Å². The van der Waals surface area contributed by atoms with Gasteiger partial charge < -0.3 is 10.1 Å². The molecule has 4 nitrogen and oxygen atoms in total. The molecular weight excluding hydrogens is 259 g/mol. The molecular formula is C15H17FN2O2. The zero-order valence-corrected chi connectivity index (χ0v) is 11.4. The minimum absolute atomic E-state index is 0.119. The summed E-state index contributed by atoms with van der Waals surface area (Å²) in [6.45, 7) is 3.49. The van der Waals surface area contributed by atoms with E-state index in [0.29, 0.717) is 26.2 Å². The van der Waals surface area contributed by atoms with Gasteiger partial charge in [-0.25, -0.2) is 4.39 Å². The number of hydrogen-bond acceptors (Lipinski definition) is 3. The molecule has 20 heavy (non-hydrogen) atoms. The van der Waals surface area contributed by atoms with E-state index in [0.717, 1.165) is 0 Å². The van der Waals surface area contributed by atoms with Crippen LogP contribution in [-0.2, 0) is 9.53 Å². The molecule has 1 N–H and O–H groups in total. The van der Waals surface area contributed by atoms with Crippen LogP contribution in [0.2, 0.25) is 0 Å². The van der Waals surface area contributed by atoms with Crippen LogP contribution in [0.15, 0.2) is 29.8 Å². The Labute approximate surface area is 117 Å². The molecule has 0 saturated heterocycles. The van der Waals surface area contributed by atoms with Crippen LogP contribution in [0.1, 0.15) is 18.9 Å². The third-order valence-electron chi connectivity index (χ3n) is 2.53. The first-order valence-corrected chi connectivity index (χ1v) is 6.41. The molecule has 0 aliphatic heterocycles. The second-order valence-electron chi connectivity index (χ2n) is 4.00. The van der Waals surface area contributed by atoms with Crippen molar-refractivity contribution in [3.8, 4) is 6.07 Å². The Morgan fingerprint density at radius 2 is 2.25 bits per heavy atom. The molecule has 0 radical (unpaired) electrons. The van der Waals surface area contributed by atoms with Gasteiger partial charge in [-0.3, -0.25) is 4.79 Å². The lowest BCUT2D eigenvalue weighted by Gasteiger charge is -2.04. The summed E-state index contributed by atoms with van der Waals surface area (Å²) in [6, 6.07) is 7.76. The van der Waals surface area contributed by atoms with Crippen molar-refractivity contribution in [1.82, 2.24) is 5.32 Å². The number of nitrogens with one attached hydrogen (secondary N) is 1. The highest BCUT2D eigenvalue weighted by Gasteiger charge is 2.09. The summed E-state index contributed by atoms with van der Waals surface area (Å²) in [5, 5.41) is 11.6. The zero-order valence-electron chi connectivity index (χ0n) is 11.4. The monoisotopic (exact) mass is 276 g/mol. The first-order chi connectivity index (χ1) is 9.69. The Balaban J connectivity index is 2.60. The van der Waals surface area contributed by atoms with Gasteiger partial charge in [0.05, 0.1) is 0 Å². The van der Waals surface area contributed by atoms with Crippen LogP contribution in [-0.4, -0.2) is 25.7 Å². The molecule has 0 spiro atoms. The average Bonchev–Trinajstić information content (AvgIpc) is 2.46. The Bertz CT molecular complexity index is 521. The fraction of sp³-hybridized carbons (Fsp3) is 0.333. The van der Waals surface area contributed by atoms with E-state index in [9.17, 15) is 9.18 Å². The quantitative estimate of drug-likeness (QED) is 0.472. The van der Waals surface area contributed by atoms with Gasteiger partial charge in [-0.05, 0) is 25.5 Å². The number of carbonyl (C=O) groups is 1. The molecule has 1 aromatic rings. The van der Waals surface area contributed by atoms with E-state index >= 15 is 0 Å². The van der Waals surface area contributed by atoms with Gasteiger partial charge in [0.25, 0.3) is 5.91 Å². The smallest absolute Gasteiger partial charge is 0.261 e. The highest BCUT2D eigenvalue weighted by atomic mass is 19.1. The highest BCUT2D eigenvalue weighted by Crippen LogP contribution is 2.11. The normalized spacial score (nSPS) is 10.9. The second-order valence-corrected chi connectivity index (χ2v) is 4.00. The molecule has 0 unspecified atom stereocenters. The van der Waals surface area contributed by atoms with Gasteiger partial charge in [-0.1, -0.05) is 18.2 Å². The second kappa shape index (κ2) is 8.83. The summed E-state index contributed by atoms with van der Waals surface area (Å²) in [5.74, 6) is -0.975. The molecule has 0 aromatic heterocycles. The maximum absolute atomic E-state index is 13.4. The Morgan fingerprint density at radius 3 is 2.90 bits per heavy atom. The third kappa shape index (κ3) is 5.21. The van der Waals surface area contributed by atoms with E-state index in [1.165, 1.54) is 18.2 Å². The van der Waals surface area contributed by atoms with Gasteiger partial charge in [-0.2, -0.15) is 5.26 Å². The number of nitrogens with zero attached hydrogens (tertiary/aromatic N) is 1. The fourth-order valence-corrected chi connectivity index (χ4v) is 1.51. The molecule has 1 aromatic carbocycles. The fourth-order valence-electron chi connectivity index (χ4n) is 1.51. The minimum Gasteiger partial charge on any atom is -0.382 e. The van der Waals surface area contributed by atoms with Gasteiger partial charge in [0.15, 0.2) is 0 Å². The minimum atomic E-state index is -0.507. The maximum atomic E-state index is 13.4. The third-order valence-corrected chi connectivity index (χ3v) is 2.53. The predicted molar refractivity (Wildman–Crippen MR) is 74.1 cm³/mol. The standard InChI is InChI=1S/C15H17FN2O2/c1-2-20-9-5-8-18-15(19)13(11-17)10-12-6-3-4-7-14(12)16/h3-4,6-7,10H,2,5,8-9H2,1H3,(H,18,19). The molecule has 0 bridgehead atoms. The van der Waals surface area contributed by atoms with Gasteiger partial charge in [-0.15, -0.1) is 0 Å². The number of nitriles is 1. The largest absolute Gasteiger partial charge is 0.382 e. The number of carbonyl (C=O) groups excluding carboxylic acids is 1. The maximum Gasteiger partial charge on any atom is 0.261 e. The molecule has 0 heterocycles. The van der Waals surface area contributed by atoms with Crippen molar-refractivity contribution >= 4 is 12.0 Å². The molecule has 0 aliphatic carbocycles. The summed E-state index contributed by atoms with van der Waals surface area (Å²) >= 11 is 0.